The van der Waals surface area contributed by atoms with Gasteiger partial charge in [-0.05, 0) is 0 Å². The first-order valence-corrected chi connectivity index (χ1v) is 11.9. The van der Waals surface area contributed by atoms with E-state index in [0.717, 1.165) is 6.42 Å². The molecular weight excluding hydrogens is 471 g/mol. The Morgan fingerprint density at radius 3 is 2.10 bits per heavy atom. The molecule has 0 amide bonds. The zero-order valence-corrected chi connectivity index (χ0v) is 23.5. The van der Waals surface area contributed by atoms with Crippen LogP contribution in [0.5, 0.6) is 0 Å². The molecule has 0 saturated carbocycles. The molecule has 1 aromatic rings. The zero-order chi connectivity index (χ0) is 19.1. The Hall–Kier alpha value is -0.0188. The van der Waals surface area contributed by atoms with Crippen molar-refractivity contribution in [3.05, 3.63) is 74.2 Å². The summed E-state index contributed by atoms with van der Waals surface area (Å²) < 4.78 is 1.64. The number of halogens is 3. The van der Waals surface area contributed by atoms with Gasteiger partial charge in [-0.25, -0.2) is 0 Å². The van der Waals surface area contributed by atoms with Crippen LogP contribution in [0.1, 0.15) is 51.7 Å². The van der Waals surface area contributed by atoms with Crippen LogP contribution in [0.4, 0.5) is 0 Å². The van der Waals surface area contributed by atoms with E-state index in [1.165, 1.54) is 17.5 Å². The number of benzene rings is 1. The van der Waals surface area contributed by atoms with Gasteiger partial charge in [0, 0.05) is 0 Å². The normalized spacial score (nSPS) is 25.9. The van der Waals surface area contributed by atoms with Crippen molar-refractivity contribution >= 4 is 14.7 Å². The number of allylic oxidation sites excluding steroid dienone is 8. The van der Waals surface area contributed by atoms with E-state index >= 15 is 0 Å². The topological polar surface area (TPSA) is 0 Å². The predicted molar refractivity (Wildman–Crippen MR) is 113 cm³/mol. The summed E-state index contributed by atoms with van der Waals surface area (Å²) in [7, 11) is -0.501. The number of hydrogen-bond acceptors (Lipinski definition) is 0. The summed E-state index contributed by atoms with van der Waals surface area (Å²) >= 11 is 2.41. The summed E-state index contributed by atoms with van der Waals surface area (Å²) in [6, 6.07) is 7.09. The first kappa shape index (κ1) is 29.0. The fraction of sp³-hybridized carbons (Fsp3) is 0.417. The van der Waals surface area contributed by atoms with E-state index in [4.69, 9.17) is 0 Å². The van der Waals surface area contributed by atoms with Crippen LogP contribution in [-0.4, -0.2) is 9.52 Å². The Bertz CT molecular complexity index is 843. The molecule has 156 valence electrons. The fourth-order valence-electron chi connectivity index (χ4n) is 4.84. The maximum Gasteiger partial charge on any atom is -1.00 e. The molecule has 0 bridgehead atoms. The second-order valence-electron chi connectivity index (χ2n) is 8.76. The van der Waals surface area contributed by atoms with Crippen LogP contribution < -0.4 is 42.4 Å². The van der Waals surface area contributed by atoms with E-state index in [1.807, 2.05) is 0 Å². The summed E-state index contributed by atoms with van der Waals surface area (Å²) in [4.78, 5) is 0. The molecule has 0 saturated heterocycles. The van der Waals surface area contributed by atoms with Crippen molar-refractivity contribution in [2.24, 2.45) is 5.41 Å². The first-order chi connectivity index (χ1) is 12.2. The van der Waals surface area contributed by atoms with Crippen LogP contribution in [0, 0.1) is 19.3 Å². The van der Waals surface area contributed by atoms with E-state index < -0.39 is 9.52 Å². The molecule has 2 aliphatic rings. The van der Waals surface area contributed by atoms with Crippen molar-refractivity contribution in [1.29, 1.82) is 0 Å². The van der Waals surface area contributed by atoms with Crippen molar-refractivity contribution in [2.45, 2.75) is 59.4 Å². The van der Waals surface area contributed by atoms with E-state index in [-0.39, 0.29) is 47.7 Å². The first-order valence-electron chi connectivity index (χ1n) is 9.70. The summed E-state index contributed by atoms with van der Waals surface area (Å²) in [5.74, 6) is 0. The van der Waals surface area contributed by atoms with Crippen LogP contribution in [-0.2, 0) is 20.4 Å². The minimum atomic E-state index is -0.501. The molecule has 2 atom stereocenters. The summed E-state index contributed by atoms with van der Waals surface area (Å²) in [6.07, 6.45) is 11.7. The Kier molecular flexibility index (Phi) is 11.0. The molecule has 3 rings (SSSR count). The monoisotopic (exact) mass is 500 g/mol. The maximum atomic E-state index is 2.45. The zero-order valence-electron chi connectivity index (χ0n) is 18.3. The van der Waals surface area contributed by atoms with Crippen LogP contribution in [0.3, 0.4) is 0 Å². The summed E-state index contributed by atoms with van der Waals surface area (Å²) in [5.41, 5.74) is 7.84. The molecule has 29 heavy (non-hydrogen) atoms. The Morgan fingerprint density at radius 2 is 1.62 bits per heavy atom. The third kappa shape index (κ3) is 5.62. The third-order valence-corrected chi connectivity index (χ3v) is 11.5. The molecule has 2 unspecified atom stereocenters. The Morgan fingerprint density at radius 1 is 0.966 bits per heavy atom. The smallest absolute Gasteiger partial charge is 1.00 e. The van der Waals surface area contributed by atoms with Gasteiger partial charge in [-0.3, -0.25) is 0 Å². The molecule has 0 aliphatic heterocycles. The van der Waals surface area contributed by atoms with Gasteiger partial charge in [0.05, 0.1) is 0 Å². The van der Waals surface area contributed by atoms with E-state index in [9.17, 15) is 0 Å². The molecule has 0 nitrogen and oxygen atoms in total. The molecule has 5 heteroatoms. The quantitative estimate of drug-likeness (QED) is 0.374. The van der Waals surface area contributed by atoms with Gasteiger partial charge in [0.25, 0.3) is 0 Å². The summed E-state index contributed by atoms with van der Waals surface area (Å²) in [5, 5.41) is 1.91. The van der Waals surface area contributed by atoms with E-state index in [2.05, 4.69) is 104 Å². The second kappa shape index (κ2) is 11.0. The van der Waals surface area contributed by atoms with Gasteiger partial charge in [-0.2, -0.15) is 0 Å². The molecule has 1 aromatic carbocycles. The standard InChI is InChI=1S/C24H31Si.3ClH.Ti/c1-17-10-11-22(18(2)14-17)25-24(15-19(3)20(4)21(24)5)16-23(6)12-8-7-9-13-23;;;;/h7-12,14H,13,16,25H2,1-6H3;3*1H;/q;;;;+3/p-3. The molecule has 0 heterocycles. The van der Waals surface area contributed by atoms with Crippen molar-refractivity contribution in [3.8, 4) is 0 Å². The maximum absolute atomic E-state index is 2.45. The minimum Gasteiger partial charge on any atom is -1.00 e. The van der Waals surface area contributed by atoms with Gasteiger partial charge >= 0.3 is 174 Å². The number of aryl methyl sites for hydroxylation is 2. The van der Waals surface area contributed by atoms with Gasteiger partial charge in [-0.1, -0.05) is 0 Å². The number of hydrogen-bond donors (Lipinski definition) is 0. The molecule has 0 fully saturated rings. The van der Waals surface area contributed by atoms with Crippen LogP contribution in [0.25, 0.3) is 0 Å². The largest absolute Gasteiger partial charge is 1.00 e. The minimum absolute atomic E-state index is 0. The SMILES string of the molecule is CC1=C(C)C(CC2(C)C=CC=CC2)([SiH2]c2ccc(C)cc2C)[C]([Ti+3])=C1C.[Cl-].[Cl-].[Cl-]. The number of rotatable bonds is 4. The average Bonchev–Trinajstić information content (AvgIpc) is 2.74. The predicted octanol–water partition coefficient (Wildman–Crippen LogP) is -3.65. The molecule has 0 radical (unpaired) electrons. The fourth-order valence-corrected chi connectivity index (χ4v) is 8.91. The van der Waals surface area contributed by atoms with Crippen LogP contribution in [0.2, 0.25) is 5.04 Å². The second-order valence-corrected chi connectivity index (χ2v) is 11.9. The van der Waals surface area contributed by atoms with Crippen molar-refractivity contribution in [1.82, 2.24) is 0 Å². The Balaban J connectivity index is 0.00000261. The molecule has 0 spiro atoms. The van der Waals surface area contributed by atoms with Gasteiger partial charge in [0.1, 0.15) is 0 Å². The van der Waals surface area contributed by atoms with Gasteiger partial charge in [-0.15, -0.1) is 0 Å². The van der Waals surface area contributed by atoms with Gasteiger partial charge in [0.15, 0.2) is 0 Å². The Labute approximate surface area is 210 Å². The van der Waals surface area contributed by atoms with Crippen molar-refractivity contribution in [3.63, 3.8) is 0 Å². The van der Waals surface area contributed by atoms with Crippen LogP contribution >= 0.6 is 0 Å². The molecule has 0 N–H and O–H groups in total. The average molecular weight is 502 g/mol. The van der Waals surface area contributed by atoms with E-state index in [0.29, 0.717) is 0 Å². The van der Waals surface area contributed by atoms with Crippen molar-refractivity contribution < 1.29 is 57.7 Å². The molecule has 0 aromatic heterocycles. The van der Waals surface area contributed by atoms with Crippen LogP contribution in [0.15, 0.2) is 63.1 Å². The van der Waals surface area contributed by atoms with Gasteiger partial charge < -0.3 is 37.2 Å². The molecular formula is C24H31Cl3SiTi. The molecule has 2 aliphatic carbocycles. The summed E-state index contributed by atoms with van der Waals surface area (Å²) in [6.45, 7) is 14.1. The third-order valence-electron chi connectivity index (χ3n) is 6.72. The van der Waals surface area contributed by atoms with Gasteiger partial charge in [0.2, 0.25) is 0 Å². The van der Waals surface area contributed by atoms with Crippen molar-refractivity contribution in [2.75, 3.05) is 0 Å². The van der Waals surface area contributed by atoms with E-state index in [1.54, 1.807) is 25.8 Å².